The summed E-state index contributed by atoms with van der Waals surface area (Å²) < 4.78 is 0. The Morgan fingerprint density at radius 3 is 1.50 bits per heavy atom. The number of benzene rings is 2. The summed E-state index contributed by atoms with van der Waals surface area (Å²) in [6.45, 7) is 15.1. The maximum absolute atomic E-state index is 10.8. The van der Waals surface area contributed by atoms with Gasteiger partial charge in [0.1, 0.15) is 5.75 Å². The number of phenolic OH excluding ortho intramolecular Hbond substituents is 1. The van der Waals surface area contributed by atoms with Crippen molar-refractivity contribution in [2.45, 2.75) is 72.1 Å². The Bertz CT molecular complexity index is 659. The number of aromatic hydroxyl groups is 1. The predicted octanol–water partition coefficient (Wildman–Crippen LogP) is 6.14. The van der Waals surface area contributed by atoms with Crippen LogP contribution < -0.4 is 0 Å². The van der Waals surface area contributed by atoms with E-state index in [9.17, 15) is 5.11 Å². The quantitative estimate of drug-likeness (QED) is 0.719. The largest absolute Gasteiger partial charge is 0.507 e. The summed E-state index contributed by atoms with van der Waals surface area (Å²) in [7, 11) is 0. The molecule has 24 heavy (non-hydrogen) atoms. The van der Waals surface area contributed by atoms with Gasteiger partial charge in [-0.1, -0.05) is 84.9 Å². The highest BCUT2D eigenvalue weighted by atomic mass is 16.3. The molecule has 0 aliphatic carbocycles. The molecule has 0 fully saturated rings. The summed E-state index contributed by atoms with van der Waals surface area (Å²) in [6.07, 6.45) is 1.97. The number of aryl methyl sites for hydroxylation is 1. The molecule has 2 aromatic carbocycles. The minimum absolute atomic E-state index is 0.0772. The standard InChI is InChI=1S/C23H32O/c1-8-16-9-11-17(12-10-16)13-18-14-19(22(2,3)4)21(24)20(15-18)23(5,6)7/h9-12,14-15,24H,8,13H2,1-7H3. The van der Waals surface area contributed by atoms with Crippen LogP contribution in [0.4, 0.5) is 0 Å². The molecule has 0 saturated carbocycles. The molecule has 0 heterocycles. The molecule has 0 saturated heterocycles. The van der Waals surface area contributed by atoms with Crippen molar-refractivity contribution < 1.29 is 5.11 Å². The summed E-state index contributed by atoms with van der Waals surface area (Å²) in [5.41, 5.74) is 5.88. The molecule has 1 heteroatoms. The van der Waals surface area contributed by atoms with E-state index in [1.54, 1.807) is 0 Å². The zero-order chi connectivity index (χ0) is 18.1. The van der Waals surface area contributed by atoms with E-state index in [2.05, 4.69) is 84.9 Å². The molecule has 1 N–H and O–H groups in total. The smallest absolute Gasteiger partial charge is 0.123 e. The summed E-state index contributed by atoms with van der Waals surface area (Å²) in [4.78, 5) is 0. The molecule has 0 aromatic heterocycles. The molecule has 0 atom stereocenters. The van der Waals surface area contributed by atoms with Gasteiger partial charge in [-0.3, -0.25) is 0 Å². The summed E-state index contributed by atoms with van der Waals surface area (Å²) in [5.74, 6) is 0.458. The molecule has 0 spiro atoms. The molecule has 1 nitrogen and oxygen atoms in total. The van der Waals surface area contributed by atoms with E-state index >= 15 is 0 Å². The lowest BCUT2D eigenvalue weighted by Gasteiger charge is -2.28. The molecule has 0 radical (unpaired) electrons. The summed E-state index contributed by atoms with van der Waals surface area (Å²) in [5, 5.41) is 10.8. The molecule has 0 bridgehead atoms. The van der Waals surface area contributed by atoms with Crippen molar-refractivity contribution in [2.75, 3.05) is 0 Å². The first-order chi connectivity index (χ1) is 11.0. The number of rotatable bonds is 3. The Labute approximate surface area is 147 Å². The van der Waals surface area contributed by atoms with E-state index in [1.165, 1.54) is 16.7 Å². The van der Waals surface area contributed by atoms with Gasteiger partial charge in [-0.25, -0.2) is 0 Å². The second kappa shape index (κ2) is 6.63. The lowest BCUT2D eigenvalue weighted by Crippen LogP contribution is -2.18. The van der Waals surface area contributed by atoms with Gasteiger partial charge in [0.2, 0.25) is 0 Å². The third-order valence-corrected chi connectivity index (χ3v) is 4.63. The highest BCUT2D eigenvalue weighted by Crippen LogP contribution is 2.40. The topological polar surface area (TPSA) is 20.2 Å². The van der Waals surface area contributed by atoms with Crippen LogP contribution in [0.3, 0.4) is 0 Å². The van der Waals surface area contributed by atoms with Crippen molar-refractivity contribution in [3.8, 4) is 5.75 Å². The molecular weight excluding hydrogens is 292 g/mol. The van der Waals surface area contributed by atoms with E-state index in [4.69, 9.17) is 0 Å². The van der Waals surface area contributed by atoms with Gasteiger partial charge in [0.15, 0.2) is 0 Å². The minimum Gasteiger partial charge on any atom is -0.507 e. The van der Waals surface area contributed by atoms with Crippen molar-refractivity contribution in [1.29, 1.82) is 0 Å². The fourth-order valence-corrected chi connectivity index (χ4v) is 3.07. The maximum Gasteiger partial charge on any atom is 0.123 e. The molecule has 2 rings (SSSR count). The average molecular weight is 325 g/mol. The van der Waals surface area contributed by atoms with Gasteiger partial charge in [-0.2, -0.15) is 0 Å². The summed E-state index contributed by atoms with van der Waals surface area (Å²) >= 11 is 0. The van der Waals surface area contributed by atoms with Crippen molar-refractivity contribution in [3.05, 3.63) is 64.2 Å². The van der Waals surface area contributed by atoms with Gasteiger partial charge in [-0.15, -0.1) is 0 Å². The van der Waals surface area contributed by atoms with Gasteiger partial charge in [-0.05, 0) is 51.5 Å². The predicted molar refractivity (Wildman–Crippen MR) is 104 cm³/mol. The number of phenols is 1. The molecule has 0 aliphatic rings. The molecule has 0 unspecified atom stereocenters. The zero-order valence-electron chi connectivity index (χ0n) is 16.3. The van der Waals surface area contributed by atoms with E-state index in [0.29, 0.717) is 5.75 Å². The van der Waals surface area contributed by atoms with Crippen molar-refractivity contribution in [3.63, 3.8) is 0 Å². The second-order valence-electron chi connectivity index (χ2n) is 8.89. The molecule has 0 aliphatic heterocycles. The van der Waals surface area contributed by atoms with Crippen LogP contribution in [0.5, 0.6) is 5.75 Å². The van der Waals surface area contributed by atoms with Crippen molar-refractivity contribution >= 4 is 0 Å². The zero-order valence-corrected chi connectivity index (χ0v) is 16.3. The second-order valence-corrected chi connectivity index (χ2v) is 8.89. The van der Waals surface area contributed by atoms with Gasteiger partial charge in [0, 0.05) is 0 Å². The highest BCUT2D eigenvalue weighted by molar-refractivity contribution is 5.50. The molecule has 0 amide bonds. The van der Waals surface area contributed by atoms with Gasteiger partial charge < -0.3 is 5.11 Å². The van der Waals surface area contributed by atoms with Crippen LogP contribution in [0.2, 0.25) is 0 Å². The Hall–Kier alpha value is -1.76. The van der Waals surface area contributed by atoms with Crippen LogP contribution in [0, 0.1) is 0 Å². The first kappa shape index (κ1) is 18.6. The third-order valence-electron chi connectivity index (χ3n) is 4.63. The SMILES string of the molecule is CCc1ccc(Cc2cc(C(C)(C)C)c(O)c(C(C)(C)C)c2)cc1. The van der Waals surface area contributed by atoms with E-state index < -0.39 is 0 Å². The Kier molecular flexibility index (Phi) is 5.13. The van der Waals surface area contributed by atoms with E-state index in [-0.39, 0.29) is 10.8 Å². The van der Waals surface area contributed by atoms with Gasteiger partial charge >= 0.3 is 0 Å². The lowest BCUT2D eigenvalue weighted by atomic mass is 9.78. The van der Waals surface area contributed by atoms with E-state index in [0.717, 1.165) is 24.0 Å². The fourth-order valence-electron chi connectivity index (χ4n) is 3.07. The van der Waals surface area contributed by atoms with Crippen LogP contribution in [-0.4, -0.2) is 5.11 Å². The van der Waals surface area contributed by atoms with Gasteiger partial charge in [0.25, 0.3) is 0 Å². The average Bonchev–Trinajstić information content (AvgIpc) is 2.47. The molecule has 2 aromatic rings. The van der Waals surface area contributed by atoms with Crippen LogP contribution in [0.1, 0.15) is 76.3 Å². The monoisotopic (exact) mass is 324 g/mol. The van der Waals surface area contributed by atoms with Crippen LogP contribution in [0.15, 0.2) is 36.4 Å². The van der Waals surface area contributed by atoms with Crippen LogP contribution >= 0.6 is 0 Å². The minimum atomic E-state index is -0.0772. The first-order valence-corrected chi connectivity index (χ1v) is 8.97. The molecular formula is C23H32O. The fraction of sp³-hybridized carbons (Fsp3) is 0.478. The number of hydrogen-bond donors (Lipinski definition) is 1. The number of hydrogen-bond acceptors (Lipinski definition) is 1. The van der Waals surface area contributed by atoms with E-state index in [1.807, 2.05) is 0 Å². The van der Waals surface area contributed by atoms with Gasteiger partial charge in [0.05, 0.1) is 0 Å². The maximum atomic E-state index is 10.8. The third kappa shape index (κ3) is 4.20. The highest BCUT2D eigenvalue weighted by Gasteiger charge is 2.26. The van der Waals surface area contributed by atoms with Crippen LogP contribution in [-0.2, 0) is 23.7 Å². The first-order valence-electron chi connectivity index (χ1n) is 8.97. The Balaban J connectivity index is 2.49. The normalized spacial score (nSPS) is 12.5. The Morgan fingerprint density at radius 2 is 1.12 bits per heavy atom. The Morgan fingerprint density at radius 1 is 0.708 bits per heavy atom. The van der Waals surface area contributed by atoms with Crippen molar-refractivity contribution in [2.24, 2.45) is 0 Å². The summed E-state index contributed by atoms with van der Waals surface area (Å²) in [6, 6.07) is 13.2. The lowest BCUT2D eigenvalue weighted by molar-refractivity contribution is 0.423. The van der Waals surface area contributed by atoms with Crippen LogP contribution in [0.25, 0.3) is 0 Å². The van der Waals surface area contributed by atoms with Crippen molar-refractivity contribution in [1.82, 2.24) is 0 Å². The molecule has 130 valence electrons.